The van der Waals surface area contributed by atoms with E-state index in [1.165, 1.54) is 6.42 Å². The molecular weight excluding hydrogens is 461 g/mol. The summed E-state index contributed by atoms with van der Waals surface area (Å²) in [6.45, 7) is 4.57. The van der Waals surface area contributed by atoms with Crippen molar-refractivity contribution in [1.29, 1.82) is 0 Å². The molecule has 0 aliphatic carbocycles. The number of hydrogen-bond donors (Lipinski definition) is 1. The van der Waals surface area contributed by atoms with Crippen molar-refractivity contribution < 1.29 is 8.95 Å². The molecule has 146 valence electrons. The maximum atomic E-state index is 12.2. The number of hydrogen-bond acceptors (Lipinski definition) is 3. The molecule has 26 heavy (non-hydrogen) atoms. The predicted octanol–water partition coefficient (Wildman–Crippen LogP) is 2.63. The normalized spacial score (nSPS) is 20.7. The Kier molecular flexibility index (Phi) is 8.83. The molecular formula is C19H30IN3O2S. The molecule has 1 aromatic carbocycles. The standard InChI is InChI=1S/C19H29N3O2S.HI/c1-20-18(22-11-7-19(16-22)8-12-24-13-9-19)21-10-14-25(23)15-17-5-3-2-4-6-17;/h2-6H,7-16H2,1H3,(H,20,21);1H. The van der Waals surface area contributed by atoms with Crippen LogP contribution in [0.2, 0.25) is 0 Å². The number of ether oxygens (including phenoxy) is 1. The summed E-state index contributed by atoms with van der Waals surface area (Å²) in [7, 11) is 0.977. The summed E-state index contributed by atoms with van der Waals surface area (Å²) in [5.74, 6) is 2.20. The van der Waals surface area contributed by atoms with Gasteiger partial charge in [-0.05, 0) is 30.2 Å². The van der Waals surface area contributed by atoms with E-state index in [0.717, 1.165) is 50.7 Å². The molecule has 0 aromatic heterocycles. The van der Waals surface area contributed by atoms with E-state index in [0.29, 0.717) is 23.5 Å². The molecule has 3 rings (SSSR count). The first kappa shape index (κ1) is 21.6. The molecule has 0 amide bonds. The lowest BCUT2D eigenvalue weighted by Crippen LogP contribution is -2.43. The second kappa shape index (κ2) is 10.6. The van der Waals surface area contributed by atoms with E-state index >= 15 is 0 Å². The molecule has 2 saturated heterocycles. The first-order chi connectivity index (χ1) is 12.2. The van der Waals surface area contributed by atoms with Crippen LogP contribution >= 0.6 is 24.0 Å². The van der Waals surface area contributed by atoms with Gasteiger partial charge in [-0.3, -0.25) is 9.20 Å². The van der Waals surface area contributed by atoms with Crippen LogP contribution in [-0.4, -0.2) is 60.7 Å². The summed E-state index contributed by atoms with van der Waals surface area (Å²) < 4.78 is 17.8. The van der Waals surface area contributed by atoms with Crippen LogP contribution in [0.15, 0.2) is 35.3 Å². The van der Waals surface area contributed by atoms with Crippen LogP contribution in [0.5, 0.6) is 0 Å². The molecule has 2 fully saturated rings. The number of halogens is 1. The van der Waals surface area contributed by atoms with Gasteiger partial charge in [-0.2, -0.15) is 0 Å². The molecule has 0 saturated carbocycles. The predicted molar refractivity (Wildman–Crippen MR) is 119 cm³/mol. The van der Waals surface area contributed by atoms with E-state index in [1.54, 1.807) is 0 Å². The number of nitrogens with one attached hydrogen (secondary N) is 1. The first-order valence-corrected chi connectivity index (χ1v) is 10.6. The Morgan fingerprint density at radius 1 is 1.27 bits per heavy atom. The fraction of sp³-hybridized carbons (Fsp3) is 0.632. The molecule has 1 aromatic rings. The summed E-state index contributed by atoms with van der Waals surface area (Å²) >= 11 is 0. The van der Waals surface area contributed by atoms with E-state index in [1.807, 2.05) is 37.4 Å². The van der Waals surface area contributed by atoms with Gasteiger partial charge in [0.15, 0.2) is 5.96 Å². The average Bonchev–Trinajstić information content (AvgIpc) is 3.03. The SMILES string of the molecule is CN=C(NCCS(=O)Cc1ccccc1)N1CCC2(CCOCC2)C1.I. The molecule has 2 aliphatic rings. The Bertz CT molecular complexity index is 606. The zero-order valence-corrected chi connectivity index (χ0v) is 18.6. The number of likely N-dealkylation sites (tertiary alicyclic amines) is 1. The molecule has 0 bridgehead atoms. The van der Waals surface area contributed by atoms with E-state index in [2.05, 4.69) is 15.2 Å². The van der Waals surface area contributed by atoms with E-state index in [9.17, 15) is 4.21 Å². The largest absolute Gasteiger partial charge is 0.381 e. The van der Waals surface area contributed by atoms with Crippen LogP contribution in [0.4, 0.5) is 0 Å². The van der Waals surface area contributed by atoms with Crippen molar-refractivity contribution in [3.05, 3.63) is 35.9 Å². The molecule has 1 unspecified atom stereocenters. The Morgan fingerprint density at radius 2 is 2.00 bits per heavy atom. The Hall–Kier alpha value is -0.670. The van der Waals surface area contributed by atoms with Crippen molar-refractivity contribution in [1.82, 2.24) is 10.2 Å². The van der Waals surface area contributed by atoms with Crippen molar-refractivity contribution in [2.45, 2.75) is 25.0 Å². The number of rotatable bonds is 5. The minimum Gasteiger partial charge on any atom is -0.381 e. The van der Waals surface area contributed by atoms with Crippen LogP contribution in [0.1, 0.15) is 24.8 Å². The Morgan fingerprint density at radius 3 is 2.69 bits per heavy atom. The van der Waals surface area contributed by atoms with Gasteiger partial charge < -0.3 is 15.0 Å². The van der Waals surface area contributed by atoms with Crippen molar-refractivity contribution in [2.24, 2.45) is 10.4 Å². The second-order valence-corrected chi connectivity index (χ2v) is 8.61. The number of aliphatic imine (C=N–C) groups is 1. The highest BCUT2D eigenvalue weighted by atomic mass is 127. The fourth-order valence-electron chi connectivity index (χ4n) is 3.77. The minimum absolute atomic E-state index is 0. The monoisotopic (exact) mass is 491 g/mol. The van der Waals surface area contributed by atoms with Gasteiger partial charge in [0, 0.05) is 62.2 Å². The van der Waals surface area contributed by atoms with Gasteiger partial charge >= 0.3 is 0 Å². The lowest BCUT2D eigenvalue weighted by Gasteiger charge is -2.33. The molecule has 2 aliphatic heterocycles. The zero-order valence-electron chi connectivity index (χ0n) is 15.5. The zero-order chi connectivity index (χ0) is 17.5. The van der Waals surface area contributed by atoms with E-state index in [-0.39, 0.29) is 24.0 Å². The summed E-state index contributed by atoms with van der Waals surface area (Å²) in [5.41, 5.74) is 1.54. The van der Waals surface area contributed by atoms with Crippen LogP contribution < -0.4 is 5.32 Å². The summed E-state index contributed by atoms with van der Waals surface area (Å²) in [6, 6.07) is 10.0. The molecule has 0 radical (unpaired) electrons. The van der Waals surface area contributed by atoms with Gasteiger partial charge in [0.2, 0.25) is 0 Å². The maximum absolute atomic E-state index is 12.2. The third kappa shape index (κ3) is 5.92. The Balaban J connectivity index is 0.00000243. The third-order valence-electron chi connectivity index (χ3n) is 5.29. The van der Waals surface area contributed by atoms with Crippen molar-refractivity contribution in [2.75, 3.05) is 45.6 Å². The second-order valence-electron chi connectivity index (χ2n) is 7.03. The average molecular weight is 491 g/mol. The van der Waals surface area contributed by atoms with Gasteiger partial charge in [-0.25, -0.2) is 0 Å². The van der Waals surface area contributed by atoms with Crippen molar-refractivity contribution >= 4 is 40.7 Å². The first-order valence-electron chi connectivity index (χ1n) is 9.13. The quantitative estimate of drug-likeness (QED) is 0.391. The van der Waals surface area contributed by atoms with Gasteiger partial charge in [0.05, 0.1) is 0 Å². The highest BCUT2D eigenvalue weighted by molar-refractivity contribution is 14.0. The molecule has 1 N–H and O–H groups in total. The van der Waals surface area contributed by atoms with Crippen LogP contribution in [-0.2, 0) is 21.3 Å². The van der Waals surface area contributed by atoms with E-state index in [4.69, 9.17) is 4.74 Å². The topological polar surface area (TPSA) is 53.9 Å². The molecule has 5 nitrogen and oxygen atoms in total. The number of guanidine groups is 1. The Labute approximate surface area is 176 Å². The lowest BCUT2D eigenvalue weighted by atomic mass is 9.80. The summed E-state index contributed by atoms with van der Waals surface area (Å²) in [5, 5.41) is 3.40. The van der Waals surface area contributed by atoms with Crippen LogP contribution in [0.3, 0.4) is 0 Å². The number of nitrogens with zero attached hydrogens (tertiary/aromatic N) is 2. The lowest BCUT2D eigenvalue weighted by molar-refractivity contribution is 0.0218. The molecule has 1 spiro atoms. The smallest absolute Gasteiger partial charge is 0.193 e. The molecule has 1 atom stereocenters. The highest BCUT2D eigenvalue weighted by Crippen LogP contribution is 2.39. The van der Waals surface area contributed by atoms with Gasteiger partial charge in [0.1, 0.15) is 0 Å². The van der Waals surface area contributed by atoms with E-state index < -0.39 is 10.8 Å². The van der Waals surface area contributed by atoms with Crippen LogP contribution in [0, 0.1) is 5.41 Å². The van der Waals surface area contributed by atoms with Crippen LogP contribution in [0.25, 0.3) is 0 Å². The maximum Gasteiger partial charge on any atom is 0.193 e. The van der Waals surface area contributed by atoms with Gasteiger partial charge in [-0.1, -0.05) is 30.3 Å². The van der Waals surface area contributed by atoms with Crippen molar-refractivity contribution in [3.8, 4) is 0 Å². The summed E-state index contributed by atoms with van der Waals surface area (Å²) in [4.78, 5) is 6.78. The van der Waals surface area contributed by atoms with Crippen molar-refractivity contribution in [3.63, 3.8) is 0 Å². The third-order valence-corrected chi connectivity index (χ3v) is 6.60. The fourth-order valence-corrected chi connectivity index (χ4v) is 4.81. The minimum atomic E-state index is -0.854. The van der Waals surface area contributed by atoms with Gasteiger partial charge in [0.25, 0.3) is 0 Å². The van der Waals surface area contributed by atoms with Gasteiger partial charge in [-0.15, -0.1) is 24.0 Å². The number of benzene rings is 1. The summed E-state index contributed by atoms with van der Waals surface area (Å²) in [6.07, 6.45) is 3.53. The molecule has 2 heterocycles. The molecule has 7 heteroatoms. The highest BCUT2D eigenvalue weighted by Gasteiger charge is 2.40.